The van der Waals surface area contributed by atoms with Gasteiger partial charge in [-0.3, -0.25) is 0 Å². The average molecular weight is 289 g/mol. The fraction of sp³-hybridized carbons (Fsp3) is 0.133. The number of nitrogens with two attached hydrogens (primary N) is 1. The molecule has 0 aliphatic rings. The van der Waals surface area contributed by atoms with E-state index in [0.29, 0.717) is 27.8 Å². The van der Waals surface area contributed by atoms with Gasteiger partial charge in [0.15, 0.2) is 0 Å². The van der Waals surface area contributed by atoms with Crippen molar-refractivity contribution in [2.75, 3.05) is 12.8 Å². The SMILES string of the molecule is COc1ccc(N)c(OCc2ccc(C#N)cc2Cl)c1. The van der Waals surface area contributed by atoms with Crippen LogP contribution in [-0.4, -0.2) is 7.11 Å². The zero-order chi connectivity index (χ0) is 14.5. The summed E-state index contributed by atoms with van der Waals surface area (Å²) in [7, 11) is 1.58. The maximum Gasteiger partial charge on any atom is 0.146 e. The van der Waals surface area contributed by atoms with E-state index < -0.39 is 0 Å². The minimum Gasteiger partial charge on any atom is -0.497 e. The van der Waals surface area contributed by atoms with E-state index in [1.165, 1.54) is 0 Å². The molecule has 20 heavy (non-hydrogen) atoms. The summed E-state index contributed by atoms with van der Waals surface area (Å²) in [5, 5.41) is 9.28. The van der Waals surface area contributed by atoms with Crippen LogP contribution in [0.25, 0.3) is 0 Å². The van der Waals surface area contributed by atoms with Crippen LogP contribution in [0.15, 0.2) is 36.4 Å². The summed E-state index contributed by atoms with van der Waals surface area (Å²) in [6.07, 6.45) is 0. The Balaban J connectivity index is 2.15. The number of benzene rings is 2. The Bertz CT molecular complexity index is 665. The van der Waals surface area contributed by atoms with Crippen LogP contribution in [0.1, 0.15) is 11.1 Å². The van der Waals surface area contributed by atoms with E-state index >= 15 is 0 Å². The van der Waals surface area contributed by atoms with Gasteiger partial charge in [0.25, 0.3) is 0 Å². The van der Waals surface area contributed by atoms with Crippen LogP contribution < -0.4 is 15.2 Å². The van der Waals surface area contributed by atoms with Gasteiger partial charge in [-0.2, -0.15) is 5.26 Å². The Labute approximate surface area is 122 Å². The summed E-state index contributed by atoms with van der Waals surface area (Å²) >= 11 is 6.09. The van der Waals surface area contributed by atoms with Crippen molar-refractivity contribution < 1.29 is 9.47 Å². The lowest BCUT2D eigenvalue weighted by atomic mass is 10.1. The molecule has 0 heterocycles. The van der Waals surface area contributed by atoms with Crippen LogP contribution in [0.5, 0.6) is 11.5 Å². The van der Waals surface area contributed by atoms with E-state index in [4.69, 9.17) is 32.1 Å². The predicted molar refractivity (Wildman–Crippen MR) is 77.9 cm³/mol. The molecule has 4 nitrogen and oxygen atoms in total. The third-order valence-corrected chi connectivity index (χ3v) is 3.14. The van der Waals surface area contributed by atoms with Crippen LogP contribution >= 0.6 is 11.6 Å². The Morgan fingerprint density at radius 2 is 2.05 bits per heavy atom. The molecule has 0 aliphatic heterocycles. The molecule has 2 rings (SSSR count). The highest BCUT2D eigenvalue weighted by Crippen LogP contribution is 2.28. The number of rotatable bonds is 4. The normalized spacial score (nSPS) is 9.85. The van der Waals surface area contributed by atoms with Gasteiger partial charge in [0.2, 0.25) is 0 Å². The monoisotopic (exact) mass is 288 g/mol. The van der Waals surface area contributed by atoms with Gasteiger partial charge in [0, 0.05) is 16.7 Å². The topological polar surface area (TPSA) is 68.3 Å². The fourth-order valence-electron chi connectivity index (χ4n) is 1.66. The van der Waals surface area contributed by atoms with Crippen molar-refractivity contribution in [1.82, 2.24) is 0 Å². The van der Waals surface area contributed by atoms with Gasteiger partial charge < -0.3 is 15.2 Å². The average Bonchev–Trinajstić information content (AvgIpc) is 2.47. The molecule has 0 bridgehead atoms. The molecule has 5 heteroatoms. The highest BCUT2D eigenvalue weighted by molar-refractivity contribution is 6.31. The van der Waals surface area contributed by atoms with Crippen LogP contribution in [-0.2, 0) is 6.61 Å². The Morgan fingerprint density at radius 3 is 2.70 bits per heavy atom. The molecule has 0 radical (unpaired) electrons. The quantitative estimate of drug-likeness (QED) is 0.876. The number of hydrogen-bond acceptors (Lipinski definition) is 4. The Kier molecular flexibility index (Phi) is 4.34. The second kappa shape index (κ2) is 6.18. The van der Waals surface area contributed by atoms with Gasteiger partial charge >= 0.3 is 0 Å². The molecule has 0 fully saturated rings. The smallest absolute Gasteiger partial charge is 0.146 e. The van der Waals surface area contributed by atoms with Crippen molar-refractivity contribution in [3.8, 4) is 17.6 Å². The molecule has 0 spiro atoms. The number of nitrogen functional groups attached to an aromatic ring is 1. The molecule has 0 aliphatic carbocycles. The number of halogens is 1. The first-order chi connectivity index (χ1) is 9.63. The fourth-order valence-corrected chi connectivity index (χ4v) is 1.89. The van der Waals surface area contributed by atoms with E-state index in [1.54, 1.807) is 43.5 Å². The van der Waals surface area contributed by atoms with E-state index in [9.17, 15) is 0 Å². The minimum absolute atomic E-state index is 0.266. The Hall–Kier alpha value is -2.38. The van der Waals surface area contributed by atoms with Gasteiger partial charge in [-0.25, -0.2) is 0 Å². The maximum absolute atomic E-state index is 8.78. The van der Waals surface area contributed by atoms with Crippen LogP contribution in [0.4, 0.5) is 5.69 Å². The lowest BCUT2D eigenvalue weighted by Gasteiger charge is -2.11. The molecule has 0 saturated carbocycles. The second-order valence-corrected chi connectivity index (χ2v) is 4.52. The molecule has 102 valence electrons. The second-order valence-electron chi connectivity index (χ2n) is 4.11. The summed E-state index contributed by atoms with van der Waals surface area (Å²) in [5.74, 6) is 1.20. The van der Waals surface area contributed by atoms with Crippen molar-refractivity contribution in [3.05, 3.63) is 52.5 Å². The van der Waals surface area contributed by atoms with Crippen molar-refractivity contribution in [2.45, 2.75) is 6.61 Å². The Morgan fingerprint density at radius 1 is 1.25 bits per heavy atom. The van der Waals surface area contributed by atoms with Crippen molar-refractivity contribution in [3.63, 3.8) is 0 Å². The molecule has 0 amide bonds. The number of hydrogen-bond donors (Lipinski definition) is 1. The number of nitriles is 1. The maximum atomic E-state index is 8.78. The zero-order valence-corrected chi connectivity index (χ0v) is 11.6. The summed E-state index contributed by atoms with van der Waals surface area (Å²) < 4.78 is 10.8. The number of methoxy groups -OCH3 is 1. The molecule has 2 N–H and O–H groups in total. The van der Waals surface area contributed by atoms with Gasteiger partial charge in [-0.15, -0.1) is 0 Å². The zero-order valence-electron chi connectivity index (χ0n) is 10.9. The van der Waals surface area contributed by atoms with E-state index in [1.807, 2.05) is 6.07 Å². The number of ether oxygens (including phenoxy) is 2. The van der Waals surface area contributed by atoms with E-state index in [2.05, 4.69) is 0 Å². The molecule has 2 aromatic rings. The first-order valence-corrected chi connectivity index (χ1v) is 6.26. The summed E-state index contributed by atoms with van der Waals surface area (Å²) in [6.45, 7) is 0.266. The number of nitrogens with zero attached hydrogens (tertiary/aromatic N) is 1. The molecule has 0 aromatic heterocycles. The van der Waals surface area contributed by atoms with Gasteiger partial charge in [-0.1, -0.05) is 17.7 Å². The molecular formula is C15H13ClN2O2. The van der Waals surface area contributed by atoms with Crippen molar-refractivity contribution in [2.24, 2.45) is 0 Å². The summed E-state index contributed by atoms with van der Waals surface area (Å²) in [6, 6.07) is 12.3. The van der Waals surface area contributed by atoms with Crippen LogP contribution in [0.2, 0.25) is 5.02 Å². The molecule has 0 saturated heterocycles. The molecule has 2 aromatic carbocycles. The third-order valence-electron chi connectivity index (χ3n) is 2.79. The van der Waals surface area contributed by atoms with Crippen molar-refractivity contribution >= 4 is 17.3 Å². The highest BCUT2D eigenvalue weighted by atomic mass is 35.5. The van der Waals surface area contributed by atoms with Gasteiger partial charge in [0.1, 0.15) is 18.1 Å². The van der Waals surface area contributed by atoms with E-state index in [0.717, 1.165) is 5.56 Å². The lowest BCUT2D eigenvalue weighted by molar-refractivity contribution is 0.305. The minimum atomic E-state index is 0.266. The van der Waals surface area contributed by atoms with Crippen LogP contribution in [0, 0.1) is 11.3 Å². The summed E-state index contributed by atoms with van der Waals surface area (Å²) in [4.78, 5) is 0. The lowest BCUT2D eigenvalue weighted by Crippen LogP contribution is -2.00. The molecular weight excluding hydrogens is 276 g/mol. The van der Waals surface area contributed by atoms with Crippen LogP contribution in [0.3, 0.4) is 0 Å². The molecule has 0 atom stereocenters. The summed E-state index contributed by atoms with van der Waals surface area (Å²) in [5.41, 5.74) is 7.66. The first-order valence-electron chi connectivity index (χ1n) is 5.89. The standard InChI is InChI=1S/C15H13ClN2O2/c1-19-12-4-5-14(18)15(7-12)20-9-11-3-2-10(8-17)6-13(11)16/h2-7H,9,18H2,1H3. The largest absolute Gasteiger partial charge is 0.497 e. The number of anilines is 1. The van der Waals surface area contributed by atoms with Gasteiger partial charge in [-0.05, 0) is 24.3 Å². The predicted octanol–water partition coefficient (Wildman–Crippen LogP) is 3.38. The van der Waals surface area contributed by atoms with Crippen molar-refractivity contribution in [1.29, 1.82) is 5.26 Å². The van der Waals surface area contributed by atoms with Gasteiger partial charge in [0.05, 0.1) is 24.4 Å². The third kappa shape index (κ3) is 3.14. The molecule has 0 unspecified atom stereocenters. The first kappa shape index (κ1) is 14.0. The van der Waals surface area contributed by atoms with E-state index in [-0.39, 0.29) is 6.61 Å². The highest BCUT2D eigenvalue weighted by Gasteiger charge is 2.06.